The molecule has 4 rings (SSSR count). The van der Waals surface area contributed by atoms with Crippen molar-refractivity contribution in [1.82, 2.24) is 0 Å². The third kappa shape index (κ3) is 6.52. The van der Waals surface area contributed by atoms with Crippen LogP contribution in [0.2, 0.25) is 0 Å². The van der Waals surface area contributed by atoms with Gasteiger partial charge in [0.05, 0.1) is 6.61 Å². The Kier molecular flexibility index (Phi) is 9.12. The highest BCUT2D eigenvalue weighted by Crippen LogP contribution is 2.37. The summed E-state index contributed by atoms with van der Waals surface area (Å²) in [7, 11) is 0. The van der Waals surface area contributed by atoms with Crippen LogP contribution in [0.15, 0.2) is 54.6 Å². The van der Waals surface area contributed by atoms with Crippen molar-refractivity contribution in [3.05, 3.63) is 88.7 Å². The molecule has 0 aliphatic heterocycles. The van der Waals surface area contributed by atoms with E-state index >= 15 is 0 Å². The lowest BCUT2D eigenvalue weighted by Crippen LogP contribution is -2.13. The minimum absolute atomic E-state index is 0.124. The summed E-state index contributed by atoms with van der Waals surface area (Å²) in [6.45, 7) is 4.95. The SMILES string of the molecule is CCCCCOc1ccc(-c2ccc(CCc3ccc(C4CCC(C)CC4)c(F)c3F)cc2)c(F)c1. The van der Waals surface area contributed by atoms with Crippen molar-refractivity contribution in [2.75, 3.05) is 6.61 Å². The Morgan fingerprint density at radius 3 is 2.25 bits per heavy atom. The van der Waals surface area contributed by atoms with E-state index in [4.69, 9.17) is 4.74 Å². The molecule has 192 valence electrons. The number of hydrogen-bond acceptors (Lipinski definition) is 1. The Hall–Kier alpha value is -2.75. The van der Waals surface area contributed by atoms with E-state index in [0.29, 0.717) is 47.8 Å². The molecule has 3 aromatic rings. The number of rotatable bonds is 10. The maximum Gasteiger partial charge on any atom is 0.162 e. The predicted molar refractivity (Wildman–Crippen MR) is 141 cm³/mol. The first-order valence-electron chi connectivity index (χ1n) is 13.4. The van der Waals surface area contributed by atoms with E-state index in [1.165, 1.54) is 6.07 Å². The van der Waals surface area contributed by atoms with E-state index in [9.17, 15) is 13.2 Å². The minimum Gasteiger partial charge on any atom is -0.493 e. The number of unbranched alkanes of at least 4 members (excludes halogenated alkanes) is 2. The lowest BCUT2D eigenvalue weighted by atomic mass is 9.79. The van der Waals surface area contributed by atoms with Crippen LogP contribution in [0.1, 0.15) is 81.4 Å². The smallest absolute Gasteiger partial charge is 0.162 e. The fourth-order valence-electron chi connectivity index (χ4n) is 5.18. The topological polar surface area (TPSA) is 9.23 Å². The molecule has 0 atom stereocenters. The fourth-order valence-corrected chi connectivity index (χ4v) is 5.18. The first kappa shape index (κ1) is 26.3. The molecule has 0 unspecified atom stereocenters. The van der Waals surface area contributed by atoms with Crippen LogP contribution in [-0.4, -0.2) is 6.61 Å². The van der Waals surface area contributed by atoms with Crippen LogP contribution in [0.25, 0.3) is 11.1 Å². The summed E-state index contributed by atoms with van der Waals surface area (Å²) < 4.78 is 50.0. The zero-order valence-corrected chi connectivity index (χ0v) is 21.5. The molecule has 0 aromatic heterocycles. The average Bonchev–Trinajstić information content (AvgIpc) is 2.89. The van der Waals surface area contributed by atoms with Crippen LogP contribution in [0.4, 0.5) is 13.2 Å². The normalized spacial score (nSPS) is 17.8. The van der Waals surface area contributed by atoms with E-state index in [2.05, 4.69) is 13.8 Å². The van der Waals surface area contributed by atoms with Crippen LogP contribution in [0.3, 0.4) is 0 Å². The van der Waals surface area contributed by atoms with Gasteiger partial charge in [-0.25, -0.2) is 13.2 Å². The third-order valence-electron chi connectivity index (χ3n) is 7.55. The van der Waals surface area contributed by atoms with E-state index in [0.717, 1.165) is 56.1 Å². The molecular weight excluding hydrogens is 457 g/mol. The molecule has 1 nitrogen and oxygen atoms in total. The molecule has 1 fully saturated rings. The van der Waals surface area contributed by atoms with E-state index in [-0.39, 0.29) is 11.7 Å². The average molecular weight is 495 g/mol. The molecule has 0 saturated heterocycles. The summed E-state index contributed by atoms with van der Waals surface area (Å²) >= 11 is 0. The van der Waals surface area contributed by atoms with Gasteiger partial charge in [-0.1, -0.05) is 75.9 Å². The minimum atomic E-state index is -0.707. The van der Waals surface area contributed by atoms with Crippen LogP contribution in [-0.2, 0) is 12.8 Å². The Labute approximate surface area is 213 Å². The number of aryl methyl sites for hydroxylation is 2. The van der Waals surface area contributed by atoms with Gasteiger partial charge in [0.2, 0.25) is 0 Å². The summed E-state index contributed by atoms with van der Waals surface area (Å²) in [5, 5.41) is 0. The molecule has 0 spiro atoms. The highest BCUT2D eigenvalue weighted by atomic mass is 19.2. The molecule has 0 heterocycles. The van der Waals surface area contributed by atoms with E-state index in [1.54, 1.807) is 24.3 Å². The van der Waals surface area contributed by atoms with Crippen molar-refractivity contribution >= 4 is 0 Å². The van der Waals surface area contributed by atoms with Gasteiger partial charge in [0.25, 0.3) is 0 Å². The standard InChI is InChI=1S/C32H37F3O/c1-3-4-5-20-36-27-17-19-28(30(33)21-27)24-13-8-23(9-14-24)10-15-26-16-18-29(32(35)31(26)34)25-11-6-22(2)7-12-25/h8-9,13-14,16-19,21-22,25H,3-7,10-12,15,20H2,1-2H3. The number of ether oxygens (including phenoxy) is 1. The molecule has 0 bridgehead atoms. The van der Waals surface area contributed by atoms with Crippen molar-refractivity contribution in [3.63, 3.8) is 0 Å². The first-order chi connectivity index (χ1) is 17.5. The highest BCUT2D eigenvalue weighted by molar-refractivity contribution is 5.65. The van der Waals surface area contributed by atoms with Gasteiger partial charge < -0.3 is 4.74 Å². The predicted octanol–water partition coefficient (Wildman–Crippen LogP) is 9.42. The maximum atomic E-state index is 14.9. The van der Waals surface area contributed by atoms with Gasteiger partial charge in [-0.15, -0.1) is 0 Å². The zero-order valence-electron chi connectivity index (χ0n) is 21.5. The quantitative estimate of drug-likeness (QED) is 0.255. The second kappa shape index (κ2) is 12.5. The summed E-state index contributed by atoms with van der Waals surface area (Å²) in [6.07, 6.45) is 8.18. The van der Waals surface area contributed by atoms with Gasteiger partial charge in [0.1, 0.15) is 11.6 Å². The van der Waals surface area contributed by atoms with Gasteiger partial charge in [-0.05, 0) is 78.3 Å². The molecule has 0 radical (unpaired) electrons. The molecule has 36 heavy (non-hydrogen) atoms. The van der Waals surface area contributed by atoms with Crippen molar-refractivity contribution in [1.29, 1.82) is 0 Å². The first-order valence-corrected chi connectivity index (χ1v) is 13.4. The van der Waals surface area contributed by atoms with Gasteiger partial charge in [0.15, 0.2) is 11.6 Å². The molecule has 0 N–H and O–H groups in total. The molecule has 0 amide bonds. The summed E-state index contributed by atoms with van der Waals surface area (Å²) in [5.74, 6) is -0.357. The Balaban J connectivity index is 1.36. The fraction of sp³-hybridized carbons (Fsp3) is 0.438. The van der Waals surface area contributed by atoms with Gasteiger partial charge in [-0.2, -0.15) is 0 Å². The lowest BCUT2D eigenvalue weighted by molar-refractivity contribution is 0.305. The van der Waals surface area contributed by atoms with Crippen LogP contribution >= 0.6 is 0 Å². The van der Waals surface area contributed by atoms with Crippen molar-refractivity contribution in [3.8, 4) is 16.9 Å². The molecule has 3 aromatic carbocycles. The maximum absolute atomic E-state index is 14.9. The van der Waals surface area contributed by atoms with E-state index in [1.807, 2.05) is 24.3 Å². The van der Waals surface area contributed by atoms with E-state index < -0.39 is 11.6 Å². The zero-order chi connectivity index (χ0) is 25.5. The third-order valence-corrected chi connectivity index (χ3v) is 7.55. The monoisotopic (exact) mass is 494 g/mol. The number of hydrogen-bond donors (Lipinski definition) is 0. The van der Waals surface area contributed by atoms with Gasteiger partial charge in [0, 0.05) is 11.6 Å². The molecule has 1 aliphatic rings. The molecule has 1 aliphatic carbocycles. The second-order valence-corrected chi connectivity index (χ2v) is 10.3. The van der Waals surface area contributed by atoms with Gasteiger partial charge in [-0.3, -0.25) is 0 Å². The number of benzene rings is 3. The molecule has 1 saturated carbocycles. The molecule has 4 heteroatoms. The van der Waals surface area contributed by atoms with Crippen LogP contribution < -0.4 is 4.74 Å². The lowest BCUT2D eigenvalue weighted by Gasteiger charge is -2.27. The van der Waals surface area contributed by atoms with Crippen LogP contribution in [0.5, 0.6) is 5.75 Å². The summed E-state index contributed by atoms with van der Waals surface area (Å²) in [5.41, 5.74) is 3.23. The Bertz CT molecular complexity index is 1130. The summed E-state index contributed by atoms with van der Waals surface area (Å²) in [4.78, 5) is 0. The molecular formula is C32H37F3O. The van der Waals surface area contributed by atoms with Gasteiger partial charge >= 0.3 is 0 Å². The summed E-state index contributed by atoms with van der Waals surface area (Å²) in [6, 6.07) is 16.1. The highest BCUT2D eigenvalue weighted by Gasteiger charge is 2.24. The van der Waals surface area contributed by atoms with Crippen molar-refractivity contribution < 1.29 is 17.9 Å². The number of halogens is 3. The Morgan fingerprint density at radius 2 is 1.56 bits per heavy atom. The Morgan fingerprint density at radius 1 is 0.806 bits per heavy atom. The van der Waals surface area contributed by atoms with Crippen molar-refractivity contribution in [2.45, 2.75) is 77.6 Å². The van der Waals surface area contributed by atoms with Crippen LogP contribution in [0, 0.1) is 23.4 Å². The van der Waals surface area contributed by atoms with Crippen molar-refractivity contribution in [2.24, 2.45) is 5.92 Å². The largest absolute Gasteiger partial charge is 0.493 e. The second-order valence-electron chi connectivity index (χ2n) is 10.3.